The SMILES string of the molecule is Cc1ncc(C)c(C(F)(F)F)n1.N. The highest BCUT2D eigenvalue weighted by Crippen LogP contribution is 2.29. The first kappa shape index (κ1) is 11.8. The fourth-order valence-corrected chi connectivity index (χ4v) is 0.817. The van der Waals surface area contributed by atoms with Crippen LogP contribution in [0.3, 0.4) is 0 Å². The molecule has 0 aliphatic rings. The average molecular weight is 193 g/mol. The Morgan fingerprint density at radius 3 is 2.15 bits per heavy atom. The molecule has 0 saturated heterocycles. The van der Waals surface area contributed by atoms with Crippen molar-refractivity contribution < 1.29 is 13.2 Å². The fraction of sp³-hybridized carbons (Fsp3) is 0.429. The Balaban J connectivity index is 0.00000144. The van der Waals surface area contributed by atoms with Gasteiger partial charge in [0.05, 0.1) is 0 Å². The van der Waals surface area contributed by atoms with E-state index in [9.17, 15) is 13.2 Å². The predicted molar refractivity (Wildman–Crippen MR) is 41.5 cm³/mol. The molecule has 0 spiro atoms. The molecule has 0 fully saturated rings. The molecule has 13 heavy (non-hydrogen) atoms. The number of hydrogen-bond acceptors (Lipinski definition) is 3. The van der Waals surface area contributed by atoms with Crippen LogP contribution in [-0.4, -0.2) is 9.97 Å². The van der Waals surface area contributed by atoms with Gasteiger partial charge in [0.2, 0.25) is 0 Å². The molecule has 3 nitrogen and oxygen atoms in total. The molecule has 0 bridgehead atoms. The second-order valence-corrected chi connectivity index (χ2v) is 2.45. The molecule has 0 atom stereocenters. The van der Waals surface area contributed by atoms with E-state index < -0.39 is 11.9 Å². The van der Waals surface area contributed by atoms with Crippen LogP contribution in [0.4, 0.5) is 13.2 Å². The first-order valence-electron chi connectivity index (χ1n) is 3.28. The van der Waals surface area contributed by atoms with E-state index in [-0.39, 0.29) is 17.5 Å². The summed E-state index contributed by atoms with van der Waals surface area (Å²) < 4.78 is 36.4. The zero-order chi connectivity index (χ0) is 9.35. The summed E-state index contributed by atoms with van der Waals surface area (Å²) in [7, 11) is 0. The van der Waals surface area contributed by atoms with Crippen LogP contribution < -0.4 is 6.15 Å². The van der Waals surface area contributed by atoms with Gasteiger partial charge in [-0.1, -0.05) is 0 Å². The van der Waals surface area contributed by atoms with Crippen molar-refractivity contribution >= 4 is 0 Å². The number of alkyl halides is 3. The summed E-state index contributed by atoms with van der Waals surface area (Å²) in [5, 5.41) is 0. The molecule has 0 aliphatic heterocycles. The minimum Gasteiger partial charge on any atom is -0.344 e. The van der Waals surface area contributed by atoms with Gasteiger partial charge in [-0.15, -0.1) is 0 Å². The first-order chi connectivity index (χ1) is 5.41. The van der Waals surface area contributed by atoms with Crippen LogP contribution in [0, 0.1) is 13.8 Å². The normalized spacial score (nSPS) is 10.8. The van der Waals surface area contributed by atoms with Gasteiger partial charge in [-0.05, 0) is 19.4 Å². The summed E-state index contributed by atoms with van der Waals surface area (Å²) in [6, 6.07) is 0. The standard InChI is InChI=1S/C7H7F3N2.H3N/c1-4-3-11-5(2)12-6(4)7(8,9)10;/h3H,1-2H3;1H3. The van der Waals surface area contributed by atoms with Crippen molar-refractivity contribution in [3.63, 3.8) is 0 Å². The molecule has 74 valence electrons. The van der Waals surface area contributed by atoms with Gasteiger partial charge in [-0.25, -0.2) is 9.97 Å². The zero-order valence-corrected chi connectivity index (χ0v) is 7.31. The molecular formula is C7H10F3N3. The van der Waals surface area contributed by atoms with Crippen LogP contribution in [0.15, 0.2) is 6.20 Å². The Kier molecular flexibility index (Phi) is 3.36. The van der Waals surface area contributed by atoms with Crippen LogP contribution in [0.1, 0.15) is 17.1 Å². The van der Waals surface area contributed by atoms with E-state index in [2.05, 4.69) is 9.97 Å². The maximum atomic E-state index is 12.1. The second kappa shape index (κ2) is 3.69. The quantitative estimate of drug-likeness (QED) is 0.687. The van der Waals surface area contributed by atoms with Gasteiger partial charge in [0.25, 0.3) is 0 Å². The lowest BCUT2D eigenvalue weighted by Crippen LogP contribution is -2.11. The van der Waals surface area contributed by atoms with Gasteiger partial charge in [0, 0.05) is 6.20 Å². The lowest BCUT2D eigenvalue weighted by Gasteiger charge is -2.08. The summed E-state index contributed by atoms with van der Waals surface area (Å²) in [5.74, 6) is 0.132. The van der Waals surface area contributed by atoms with Gasteiger partial charge in [0.15, 0.2) is 5.69 Å². The first-order valence-corrected chi connectivity index (χ1v) is 3.28. The monoisotopic (exact) mass is 193 g/mol. The van der Waals surface area contributed by atoms with Crippen molar-refractivity contribution in [1.82, 2.24) is 16.1 Å². The van der Waals surface area contributed by atoms with E-state index in [1.807, 2.05) is 0 Å². The summed E-state index contributed by atoms with van der Waals surface area (Å²) in [6.45, 7) is 2.76. The third kappa shape index (κ3) is 2.66. The minimum absolute atomic E-state index is 0. The molecule has 1 heterocycles. The number of aryl methyl sites for hydroxylation is 2. The number of rotatable bonds is 0. The van der Waals surface area contributed by atoms with E-state index in [0.29, 0.717) is 0 Å². The molecule has 1 rings (SSSR count). The molecule has 6 heteroatoms. The zero-order valence-electron chi connectivity index (χ0n) is 7.31. The molecule has 0 aromatic carbocycles. The van der Waals surface area contributed by atoms with Crippen molar-refractivity contribution in [1.29, 1.82) is 0 Å². The van der Waals surface area contributed by atoms with E-state index in [0.717, 1.165) is 0 Å². The number of halogens is 3. The van der Waals surface area contributed by atoms with E-state index in [1.165, 1.54) is 20.0 Å². The number of hydrogen-bond donors (Lipinski definition) is 1. The molecule has 0 radical (unpaired) electrons. The van der Waals surface area contributed by atoms with Crippen LogP contribution >= 0.6 is 0 Å². The summed E-state index contributed by atoms with van der Waals surface area (Å²) >= 11 is 0. The topological polar surface area (TPSA) is 60.8 Å². The van der Waals surface area contributed by atoms with Gasteiger partial charge >= 0.3 is 6.18 Å². The fourth-order valence-electron chi connectivity index (χ4n) is 0.817. The Labute approximate surface area is 73.6 Å². The maximum absolute atomic E-state index is 12.1. The van der Waals surface area contributed by atoms with Crippen molar-refractivity contribution in [2.75, 3.05) is 0 Å². The molecule has 1 aromatic rings. The van der Waals surface area contributed by atoms with Crippen LogP contribution in [0.25, 0.3) is 0 Å². The Bertz CT molecular complexity index is 296. The third-order valence-electron chi connectivity index (χ3n) is 1.36. The lowest BCUT2D eigenvalue weighted by molar-refractivity contribution is -0.141. The van der Waals surface area contributed by atoms with Crippen molar-refractivity contribution in [2.45, 2.75) is 20.0 Å². The summed E-state index contributed by atoms with van der Waals surface area (Å²) in [6.07, 6.45) is -3.21. The lowest BCUT2D eigenvalue weighted by atomic mass is 10.2. The van der Waals surface area contributed by atoms with E-state index >= 15 is 0 Å². The van der Waals surface area contributed by atoms with Gasteiger partial charge in [0.1, 0.15) is 5.82 Å². The van der Waals surface area contributed by atoms with Crippen LogP contribution in [0.5, 0.6) is 0 Å². The van der Waals surface area contributed by atoms with Crippen LogP contribution in [-0.2, 0) is 6.18 Å². The molecule has 0 aliphatic carbocycles. The smallest absolute Gasteiger partial charge is 0.344 e. The van der Waals surface area contributed by atoms with Crippen molar-refractivity contribution in [2.24, 2.45) is 0 Å². The molecule has 3 N–H and O–H groups in total. The number of aromatic nitrogens is 2. The highest BCUT2D eigenvalue weighted by molar-refractivity contribution is 5.18. The number of nitrogens with zero attached hydrogens (tertiary/aromatic N) is 2. The van der Waals surface area contributed by atoms with Crippen LogP contribution in [0.2, 0.25) is 0 Å². The summed E-state index contributed by atoms with van der Waals surface area (Å²) in [5.41, 5.74) is -0.803. The summed E-state index contributed by atoms with van der Waals surface area (Å²) in [4.78, 5) is 6.95. The largest absolute Gasteiger partial charge is 0.433 e. The Hall–Kier alpha value is -1.17. The molecular weight excluding hydrogens is 183 g/mol. The maximum Gasteiger partial charge on any atom is 0.433 e. The molecule has 0 unspecified atom stereocenters. The average Bonchev–Trinajstić information content (AvgIpc) is 1.92. The molecule has 1 aromatic heterocycles. The minimum atomic E-state index is -4.38. The van der Waals surface area contributed by atoms with Crippen molar-refractivity contribution in [3.8, 4) is 0 Å². The highest BCUT2D eigenvalue weighted by atomic mass is 19.4. The van der Waals surface area contributed by atoms with E-state index in [4.69, 9.17) is 0 Å². The highest BCUT2D eigenvalue weighted by Gasteiger charge is 2.34. The predicted octanol–water partition coefficient (Wildman–Crippen LogP) is 2.27. The second-order valence-electron chi connectivity index (χ2n) is 2.45. The van der Waals surface area contributed by atoms with Gasteiger partial charge in [-0.3, -0.25) is 0 Å². The molecule has 0 saturated carbocycles. The molecule has 0 amide bonds. The third-order valence-corrected chi connectivity index (χ3v) is 1.36. The van der Waals surface area contributed by atoms with Crippen molar-refractivity contribution in [3.05, 3.63) is 23.3 Å². The Morgan fingerprint density at radius 2 is 1.77 bits per heavy atom. The Morgan fingerprint density at radius 1 is 1.23 bits per heavy atom. The van der Waals surface area contributed by atoms with Gasteiger partial charge in [-0.2, -0.15) is 13.2 Å². The van der Waals surface area contributed by atoms with Gasteiger partial charge < -0.3 is 6.15 Å². The van der Waals surface area contributed by atoms with E-state index in [1.54, 1.807) is 0 Å².